The molecule has 1 aliphatic heterocycles. The Bertz CT molecular complexity index is 1800. The monoisotopic (exact) mass is 582 g/mol. The molecule has 0 saturated carbocycles. The van der Waals surface area contributed by atoms with E-state index in [2.05, 4.69) is 10.3 Å². The lowest BCUT2D eigenvalue weighted by molar-refractivity contribution is 0.364. The maximum atomic E-state index is 13.7. The second kappa shape index (κ2) is 11.3. The molecule has 198 valence electrons. The van der Waals surface area contributed by atoms with Crippen LogP contribution >= 0.6 is 35.4 Å². The fourth-order valence-corrected chi connectivity index (χ4v) is 5.75. The van der Waals surface area contributed by atoms with Gasteiger partial charge in [0.2, 0.25) is 0 Å². The van der Waals surface area contributed by atoms with E-state index >= 15 is 0 Å². The minimum absolute atomic E-state index is 0.217. The third kappa shape index (κ3) is 5.13. The number of H-pyrrole nitrogens is 1. The van der Waals surface area contributed by atoms with Gasteiger partial charge in [0, 0.05) is 39.5 Å². The van der Waals surface area contributed by atoms with E-state index in [0.29, 0.717) is 39.4 Å². The molecule has 0 aliphatic carbocycles. The van der Waals surface area contributed by atoms with Gasteiger partial charge in [-0.2, -0.15) is 5.10 Å². The molecule has 0 unspecified atom stereocenters. The van der Waals surface area contributed by atoms with Crippen molar-refractivity contribution in [3.63, 3.8) is 0 Å². The summed E-state index contributed by atoms with van der Waals surface area (Å²) in [7, 11) is 0. The molecule has 8 heteroatoms. The maximum absolute atomic E-state index is 13.7. The number of hydrazone groups is 1. The third-order valence-electron chi connectivity index (χ3n) is 7.01. The van der Waals surface area contributed by atoms with Gasteiger partial charge in [0.1, 0.15) is 0 Å². The number of nitrogens with zero attached hydrogens (tertiary/aromatic N) is 2. The van der Waals surface area contributed by atoms with Gasteiger partial charge in [-0.25, -0.2) is 5.01 Å². The van der Waals surface area contributed by atoms with Gasteiger partial charge in [0.25, 0.3) is 5.56 Å². The lowest BCUT2D eigenvalue weighted by Gasteiger charge is -2.25. The second-order valence-electron chi connectivity index (χ2n) is 9.53. The summed E-state index contributed by atoms with van der Waals surface area (Å²) in [6.07, 6.45) is 0.443. The van der Waals surface area contributed by atoms with Crippen molar-refractivity contribution in [1.82, 2.24) is 15.3 Å². The number of benzene rings is 4. The largest absolute Gasteiger partial charge is 0.357 e. The summed E-state index contributed by atoms with van der Waals surface area (Å²) < 4.78 is 0. The van der Waals surface area contributed by atoms with Crippen molar-refractivity contribution in [2.45, 2.75) is 19.0 Å². The molecule has 1 aliphatic rings. The number of rotatable bonds is 5. The number of para-hydroxylation sites is 1. The van der Waals surface area contributed by atoms with Crippen LogP contribution in [-0.2, 0) is 6.54 Å². The van der Waals surface area contributed by atoms with Gasteiger partial charge in [0.15, 0.2) is 5.11 Å². The number of aromatic amines is 1. The van der Waals surface area contributed by atoms with Crippen molar-refractivity contribution in [2.24, 2.45) is 5.10 Å². The molecule has 40 heavy (non-hydrogen) atoms. The Labute approximate surface area is 247 Å². The number of aromatic nitrogens is 1. The SMILES string of the molecule is O=c1[nH]c2ccccc2c(-c2ccc(Cl)cc2)c1C1=NN(C(=S)NCc2ccccc2)[C@@H](c2ccccc2Cl)C1. The predicted molar refractivity (Wildman–Crippen MR) is 168 cm³/mol. The van der Waals surface area contributed by atoms with Crippen LogP contribution in [0.4, 0.5) is 0 Å². The van der Waals surface area contributed by atoms with E-state index in [0.717, 1.165) is 33.2 Å². The molecular weight excluding hydrogens is 559 g/mol. The van der Waals surface area contributed by atoms with Crippen LogP contribution in [0.25, 0.3) is 22.0 Å². The van der Waals surface area contributed by atoms with E-state index in [1.807, 2.05) is 103 Å². The molecule has 0 amide bonds. The zero-order chi connectivity index (χ0) is 27.6. The fraction of sp³-hybridized carbons (Fsp3) is 0.0938. The van der Waals surface area contributed by atoms with Crippen LogP contribution < -0.4 is 10.9 Å². The van der Waals surface area contributed by atoms with E-state index in [-0.39, 0.29) is 11.6 Å². The predicted octanol–water partition coefficient (Wildman–Crippen LogP) is 7.73. The standard InChI is InChI=1S/C32H24Cl2N4OS/c33-22-16-14-21(15-17-22)29-24-11-5-7-13-26(24)36-31(39)30(29)27-18-28(23-10-4-6-12-25(23)34)38(37-27)32(40)35-19-20-8-2-1-3-9-20/h1-17,28H,18-19H2,(H,35,40)(H,36,39)/t28-/m1/s1. The highest BCUT2D eigenvalue weighted by molar-refractivity contribution is 7.80. The Morgan fingerprint density at radius 1 is 0.900 bits per heavy atom. The van der Waals surface area contributed by atoms with Crippen molar-refractivity contribution < 1.29 is 0 Å². The highest BCUT2D eigenvalue weighted by atomic mass is 35.5. The van der Waals surface area contributed by atoms with E-state index in [1.165, 1.54) is 0 Å². The molecule has 0 fully saturated rings. The topological polar surface area (TPSA) is 60.5 Å². The van der Waals surface area contributed by atoms with Crippen molar-refractivity contribution in [3.8, 4) is 11.1 Å². The van der Waals surface area contributed by atoms with E-state index in [9.17, 15) is 4.79 Å². The number of hydrogen-bond donors (Lipinski definition) is 2. The van der Waals surface area contributed by atoms with Crippen molar-refractivity contribution in [2.75, 3.05) is 0 Å². The van der Waals surface area contributed by atoms with Crippen LogP contribution in [0.1, 0.15) is 29.2 Å². The number of pyridine rings is 1. The van der Waals surface area contributed by atoms with Gasteiger partial charge < -0.3 is 10.3 Å². The summed E-state index contributed by atoms with van der Waals surface area (Å²) in [4.78, 5) is 16.8. The van der Waals surface area contributed by atoms with Gasteiger partial charge in [-0.15, -0.1) is 0 Å². The highest BCUT2D eigenvalue weighted by Gasteiger charge is 2.35. The first kappa shape index (κ1) is 26.3. The minimum atomic E-state index is -0.289. The van der Waals surface area contributed by atoms with Crippen LogP contribution in [-0.4, -0.2) is 20.8 Å². The number of thiocarbonyl (C=S) groups is 1. The van der Waals surface area contributed by atoms with Crippen LogP contribution in [0.5, 0.6) is 0 Å². The summed E-state index contributed by atoms with van der Waals surface area (Å²) in [5.74, 6) is 0. The van der Waals surface area contributed by atoms with Gasteiger partial charge in [-0.05, 0) is 53.2 Å². The van der Waals surface area contributed by atoms with Crippen molar-refractivity contribution in [1.29, 1.82) is 0 Å². The Morgan fingerprint density at radius 2 is 1.60 bits per heavy atom. The molecule has 2 N–H and O–H groups in total. The fourth-order valence-electron chi connectivity index (χ4n) is 5.13. The average Bonchev–Trinajstić information content (AvgIpc) is 3.41. The van der Waals surface area contributed by atoms with E-state index < -0.39 is 0 Å². The quantitative estimate of drug-likeness (QED) is 0.208. The van der Waals surface area contributed by atoms with Gasteiger partial charge in [-0.1, -0.05) is 102 Å². The zero-order valence-electron chi connectivity index (χ0n) is 21.3. The molecule has 5 aromatic rings. The molecule has 0 radical (unpaired) electrons. The van der Waals surface area contributed by atoms with Crippen LogP contribution in [0.2, 0.25) is 10.0 Å². The molecule has 0 saturated heterocycles. The number of fused-ring (bicyclic) bond motifs is 1. The summed E-state index contributed by atoms with van der Waals surface area (Å²) in [6.45, 7) is 0.544. The first-order chi connectivity index (χ1) is 19.5. The summed E-state index contributed by atoms with van der Waals surface area (Å²) >= 11 is 18.7. The molecule has 1 aromatic heterocycles. The smallest absolute Gasteiger partial charge is 0.258 e. The number of nitrogens with one attached hydrogen (secondary N) is 2. The molecule has 4 aromatic carbocycles. The summed E-state index contributed by atoms with van der Waals surface area (Å²) in [5, 5.41) is 12.7. The van der Waals surface area contributed by atoms with E-state index in [1.54, 1.807) is 5.01 Å². The van der Waals surface area contributed by atoms with Crippen LogP contribution in [0.3, 0.4) is 0 Å². The molecule has 1 atom stereocenters. The van der Waals surface area contributed by atoms with Crippen molar-refractivity contribution in [3.05, 3.63) is 140 Å². The van der Waals surface area contributed by atoms with Gasteiger partial charge >= 0.3 is 0 Å². The Hall–Kier alpha value is -3.97. The normalized spacial score (nSPS) is 14.8. The molecule has 0 bridgehead atoms. The molecule has 5 nitrogen and oxygen atoms in total. The van der Waals surface area contributed by atoms with Gasteiger partial charge in [-0.3, -0.25) is 4.79 Å². The molecular formula is C32H24Cl2N4OS. The zero-order valence-corrected chi connectivity index (χ0v) is 23.6. The Kier molecular flexibility index (Phi) is 7.39. The summed E-state index contributed by atoms with van der Waals surface area (Å²) in [6, 6.07) is 32.7. The highest BCUT2D eigenvalue weighted by Crippen LogP contribution is 2.39. The van der Waals surface area contributed by atoms with E-state index in [4.69, 9.17) is 40.5 Å². The Balaban J connectivity index is 1.48. The Morgan fingerprint density at radius 3 is 2.38 bits per heavy atom. The third-order valence-corrected chi connectivity index (χ3v) is 7.94. The lowest BCUT2D eigenvalue weighted by atomic mass is 9.91. The first-order valence-electron chi connectivity index (χ1n) is 12.8. The van der Waals surface area contributed by atoms with Crippen LogP contribution in [0.15, 0.2) is 113 Å². The maximum Gasteiger partial charge on any atom is 0.258 e. The average molecular weight is 584 g/mol. The molecule has 0 spiro atoms. The second-order valence-corrected chi connectivity index (χ2v) is 10.8. The minimum Gasteiger partial charge on any atom is -0.357 e. The lowest BCUT2D eigenvalue weighted by Crippen LogP contribution is -2.36. The molecule has 6 rings (SSSR count). The number of hydrogen-bond acceptors (Lipinski definition) is 3. The number of halogens is 2. The van der Waals surface area contributed by atoms with Crippen molar-refractivity contribution >= 4 is 57.1 Å². The van der Waals surface area contributed by atoms with Crippen LogP contribution in [0, 0.1) is 0 Å². The summed E-state index contributed by atoms with van der Waals surface area (Å²) in [5.41, 5.74) is 5.33. The van der Waals surface area contributed by atoms with Gasteiger partial charge in [0.05, 0.1) is 17.3 Å². The first-order valence-corrected chi connectivity index (χ1v) is 14.0. The molecule has 2 heterocycles.